The minimum atomic E-state index is -0.122. The molecule has 4 aromatic rings. The molecule has 32 heavy (non-hydrogen) atoms. The zero-order valence-corrected chi connectivity index (χ0v) is 17.9. The summed E-state index contributed by atoms with van der Waals surface area (Å²) in [5.41, 5.74) is 4.67. The number of benzene rings is 1. The maximum atomic E-state index is 13.0. The van der Waals surface area contributed by atoms with Crippen molar-refractivity contribution in [1.82, 2.24) is 29.9 Å². The molecule has 1 aliphatic heterocycles. The van der Waals surface area contributed by atoms with Gasteiger partial charge in [-0.25, -0.2) is 9.67 Å². The SMILES string of the molecule is Cn1ncc2c(Cc3ccc(-n4cccn4)cc3)cc(C(=O)NC3CC4(COC4)C3)nc21. The molecule has 0 radical (unpaired) electrons. The number of carbonyl (C=O) groups excluding carboxylic acids is 1. The Bertz CT molecular complexity index is 1280. The fourth-order valence-electron chi connectivity index (χ4n) is 4.82. The zero-order chi connectivity index (χ0) is 21.7. The normalized spacial score (nSPS) is 17.3. The molecule has 0 bridgehead atoms. The Labute approximate surface area is 185 Å². The van der Waals surface area contributed by atoms with Gasteiger partial charge in [-0.3, -0.25) is 9.48 Å². The van der Waals surface area contributed by atoms with E-state index in [1.807, 2.05) is 48.4 Å². The van der Waals surface area contributed by atoms with Gasteiger partial charge in [0.05, 0.1) is 25.1 Å². The van der Waals surface area contributed by atoms with Crippen LogP contribution in [0.2, 0.25) is 0 Å². The van der Waals surface area contributed by atoms with Gasteiger partial charge < -0.3 is 10.1 Å². The van der Waals surface area contributed by atoms with Crippen LogP contribution in [0.1, 0.15) is 34.5 Å². The van der Waals surface area contributed by atoms with Crippen molar-refractivity contribution >= 4 is 16.9 Å². The summed E-state index contributed by atoms with van der Waals surface area (Å²) in [6.07, 6.45) is 8.17. The van der Waals surface area contributed by atoms with Crippen molar-refractivity contribution < 1.29 is 9.53 Å². The highest BCUT2D eigenvalue weighted by atomic mass is 16.5. The van der Waals surface area contributed by atoms with E-state index in [-0.39, 0.29) is 11.9 Å². The summed E-state index contributed by atoms with van der Waals surface area (Å²) in [5, 5.41) is 12.8. The number of rotatable bonds is 5. The van der Waals surface area contributed by atoms with Crippen molar-refractivity contribution in [2.24, 2.45) is 12.5 Å². The van der Waals surface area contributed by atoms with Gasteiger partial charge in [0.25, 0.3) is 5.91 Å². The van der Waals surface area contributed by atoms with E-state index in [9.17, 15) is 4.79 Å². The van der Waals surface area contributed by atoms with Gasteiger partial charge in [0.15, 0.2) is 5.65 Å². The van der Waals surface area contributed by atoms with Crippen LogP contribution in [0.4, 0.5) is 0 Å². The summed E-state index contributed by atoms with van der Waals surface area (Å²) in [7, 11) is 1.85. The Balaban J connectivity index is 1.25. The van der Waals surface area contributed by atoms with Crippen molar-refractivity contribution in [2.75, 3.05) is 13.2 Å². The molecule has 6 rings (SSSR count). The molecule has 1 aromatic carbocycles. The molecule has 1 saturated heterocycles. The lowest BCUT2D eigenvalue weighted by Crippen LogP contribution is -2.59. The molecule has 8 heteroatoms. The van der Waals surface area contributed by atoms with E-state index in [1.165, 1.54) is 0 Å². The molecule has 2 aliphatic rings. The summed E-state index contributed by atoms with van der Waals surface area (Å²) >= 11 is 0. The third-order valence-corrected chi connectivity index (χ3v) is 6.63. The molecule has 1 spiro atoms. The van der Waals surface area contributed by atoms with E-state index in [2.05, 4.69) is 32.6 Å². The fraction of sp³-hybridized carbons (Fsp3) is 0.333. The van der Waals surface area contributed by atoms with Crippen LogP contribution in [-0.4, -0.2) is 49.7 Å². The third-order valence-electron chi connectivity index (χ3n) is 6.63. The lowest BCUT2D eigenvalue weighted by atomic mass is 9.64. The molecule has 1 N–H and O–H groups in total. The number of fused-ring (bicyclic) bond motifs is 1. The minimum absolute atomic E-state index is 0.122. The van der Waals surface area contributed by atoms with Gasteiger partial charge in [-0.2, -0.15) is 10.2 Å². The summed E-state index contributed by atoms with van der Waals surface area (Å²) in [6.45, 7) is 1.64. The van der Waals surface area contributed by atoms with E-state index in [0.717, 1.165) is 53.9 Å². The average Bonchev–Trinajstić information content (AvgIpc) is 3.40. The monoisotopic (exact) mass is 428 g/mol. The summed E-state index contributed by atoms with van der Waals surface area (Å²) < 4.78 is 8.89. The predicted molar refractivity (Wildman–Crippen MR) is 119 cm³/mol. The molecule has 8 nitrogen and oxygen atoms in total. The Kier molecular flexibility index (Phi) is 4.36. The van der Waals surface area contributed by atoms with Crippen LogP contribution >= 0.6 is 0 Å². The van der Waals surface area contributed by atoms with Gasteiger partial charge in [0, 0.05) is 36.3 Å². The summed E-state index contributed by atoms with van der Waals surface area (Å²) in [5.74, 6) is -0.122. The molecule has 4 heterocycles. The van der Waals surface area contributed by atoms with Crippen molar-refractivity contribution in [2.45, 2.75) is 25.3 Å². The van der Waals surface area contributed by atoms with Crippen LogP contribution in [0.3, 0.4) is 0 Å². The highest BCUT2D eigenvalue weighted by Gasteiger charge is 2.50. The molecule has 1 aliphatic carbocycles. The molecular formula is C24H24N6O2. The Morgan fingerprint density at radius 2 is 2.03 bits per heavy atom. The Hall–Kier alpha value is -3.52. The van der Waals surface area contributed by atoms with E-state index < -0.39 is 0 Å². The molecule has 2 fully saturated rings. The number of aromatic nitrogens is 5. The molecule has 1 amide bonds. The van der Waals surface area contributed by atoms with Crippen LogP contribution < -0.4 is 5.32 Å². The molecule has 0 atom stereocenters. The first-order valence-corrected chi connectivity index (χ1v) is 10.9. The first-order chi connectivity index (χ1) is 15.6. The summed E-state index contributed by atoms with van der Waals surface area (Å²) in [6, 6.07) is 12.3. The molecule has 162 valence electrons. The average molecular weight is 428 g/mol. The predicted octanol–water partition coefficient (Wildman–Crippen LogP) is 2.65. The van der Waals surface area contributed by atoms with Gasteiger partial charge in [-0.15, -0.1) is 0 Å². The van der Waals surface area contributed by atoms with Crippen molar-refractivity contribution in [1.29, 1.82) is 0 Å². The largest absolute Gasteiger partial charge is 0.380 e. The zero-order valence-electron chi connectivity index (χ0n) is 17.9. The Morgan fingerprint density at radius 3 is 2.72 bits per heavy atom. The second-order valence-electron chi connectivity index (χ2n) is 9.04. The maximum absolute atomic E-state index is 13.0. The number of carbonyl (C=O) groups is 1. The quantitative estimate of drug-likeness (QED) is 0.528. The van der Waals surface area contributed by atoms with E-state index >= 15 is 0 Å². The van der Waals surface area contributed by atoms with Crippen molar-refractivity contribution in [3.8, 4) is 5.69 Å². The Morgan fingerprint density at radius 1 is 1.22 bits per heavy atom. The van der Waals surface area contributed by atoms with Crippen LogP contribution in [0.25, 0.3) is 16.7 Å². The van der Waals surface area contributed by atoms with Gasteiger partial charge in [0.2, 0.25) is 0 Å². The number of aryl methyl sites for hydroxylation is 1. The van der Waals surface area contributed by atoms with E-state index in [1.54, 1.807) is 10.9 Å². The fourth-order valence-corrected chi connectivity index (χ4v) is 4.82. The van der Waals surface area contributed by atoms with Crippen molar-refractivity contribution in [3.05, 3.63) is 71.8 Å². The van der Waals surface area contributed by atoms with Crippen molar-refractivity contribution in [3.63, 3.8) is 0 Å². The number of amides is 1. The highest BCUT2D eigenvalue weighted by molar-refractivity contribution is 5.95. The first kappa shape index (κ1) is 19.2. The molecule has 0 unspecified atom stereocenters. The van der Waals surface area contributed by atoms with Gasteiger partial charge in [-0.05, 0) is 54.7 Å². The van der Waals surface area contributed by atoms with Crippen LogP contribution in [0, 0.1) is 5.41 Å². The maximum Gasteiger partial charge on any atom is 0.270 e. The van der Waals surface area contributed by atoms with E-state index in [0.29, 0.717) is 17.5 Å². The number of ether oxygens (including phenoxy) is 1. The standard InChI is InChI=1S/C24H24N6O2/c1-29-22-20(13-26-29)17(9-16-3-5-19(6-4-16)30-8-2-7-25-30)10-21(28-22)23(31)27-18-11-24(12-18)14-32-15-24/h2-8,10,13,18H,9,11-12,14-15H2,1H3,(H,27,31). The lowest BCUT2D eigenvalue weighted by molar-refractivity contribution is -0.165. The van der Waals surface area contributed by atoms with Gasteiger partial charge in [0.1, 0.15) is 5.69 Å². The lowest BCUT2D eigenvalue weighted by Gasteiger charge is -2.53. The second kappa shape index (κ2) is 7.27. The molecule has 1 saturated carbocycles. The number of hydrogen-bond acceptors (Lipinski definition) is 5. The molecular weight excluding hydrogens is 404 g/mol. The van der Waals surface area contributed by atoms with Crippen LogP contribution in [0.5, 0.6) is 0 Å². The number of nitrogens with zero attached hydrogens (tertiary/aromatic N) is 5. The van der Waals surface area contributed by atoms with Gasteiger partial charge >= 0.3 is 0 Å². The minimum Gasteiger partial charge on any atom is -0.380 e. The van der Waals surface area contributed by atoms with Gasteiger partial charge in [-0.1, -0.05) is 12.1 Å². The number of hydrogen-bond donors (Lipinski definition) is 1. The second-order valence-corrected chi connectivity index (χ2v) is 9.04. The smallest absolute Gasteiger partial charge is 0.270 e. The highest BCUT2D eigenvalue weighted by Crippen LogP contribution is 2.46. The topological polar surface area (TPSA) is 86.9 Å². The van der Waals surface area contributed by atoms with Crippen LogP contribution in [-0.2, 0) is 18.2 Å². The number of nitrogens with one attached hydrogen (secondary N) is 1. The first-order valence-electron chi connectivity index (χ1n) is 10.9. The third kappa shape index (κ3) is 3.27. The molecule has 3 aromatic heterocycles. The van der Waals surface area contributed by atoms with Crippen LogP contribution in [0.15, 0.2) is 55.0 Å². The summed E-state index contributed by atoms with van der Waals surface area (Å²) in [4.78, 5) is 17.6. The number of pyridine rings is 1. The van der Waals surface area contributed by atoms with E-state index in [4.69, 9.17) is 4.74 Å².